The number of hydrogen-bond acceptors (Lipinski definition) is 3. The maximum Gasteiger partial charge on any atom is 0.247 e. The first kappa shape index (κ1) is 33.1. The topological polar surface area (TPSA) is 58.6 Å². The molecule has 1 saturated carbocycles. The second kappa shape index (κ2) is 19.3. The number of rotatable bonds is 13. The van der Waals surface area contributed by atoms with Crippen molar-refractivity contribution >= 4 is 27.7 Å². The summed E-state index contributed by atoms with van der Waals surface area (Å²) in [6.45, 7) is 23.2. The van der Waals surface area contributed by atoms with Gasteiger partial charge in [-0.1, -0.05) is 98.6 Å². The molecule has 1 atom stereocenters. The molecule has 2 aliphatic carbocycles. The smallest absolute Gasteiger partial charge is 0.247 e. The molecule has 5 nitrogen and oxygen atoms in total. The van der Waals surface area contributed by atoms with Gasteiger partial charge in [-0.25, -0.2) is 0 Å². The van der Waals surface area contributed by atoms with Crippen LogP contribution in [0.15, 0.2) is 96.8 Å². The predicted molar refractivity (Wildman–Crippen MR) is 157 cm³/mol. The molecule has 2 aliphatic rings. The minimum absolute atomic E-state index is 0.0651. The maximum atomic E-state index is 13.2. The fourth-order valence-corrected chi connectivity index (χ4v) is 3.39. The van der Waals surface area contributed by atoms with Crippen LogP contribution in [-0.2, 0) is 14.3 Å². The van der Waals surface area contributed by atoms with E-state index in [2.05, 4.69) is 71.0 Å². The number of carbonyl (C=O) groups excluding carboxylic acids is 2. The van der Waals surface area contributed by atoms with Crippen molar-refractivity contribution in [1.29, 1.82) is 0 Å². The summed E-state index contributed by atoms with van der Waals surface area (Å²) in [6, 6.07) is -0.686. The van der Waals surface area contributed by atoms with Crippen LogP contribution in [0.25, 0.3) is 0 Å². The van der Waals surface area contributed by atoms with E-state index >= 15 is 0 Å². The van der Waals surface area contributed by atoms with Crippen molar-refractivity contribution in [2.75, 3.05) is 13.7 Å². The van der Waals surface area contributed by atoms with Gasteiger partial charge >= 0.3 is 0 Å². The first-order valence-corrected chi connectivity index (χ1v) is 13.1. The minimum Gasteiger partial charge on any atom is -0.505 e. The standard InChI is InChI=1S/C25H31BrN2O2.C3H6O.C2H6/c1-5-18(2)11-16-23(29)28(22-14-15-22)24(19(3)12-13-20(4)26)25(30)27-17-21-9-7-6-8-10-21;1-3-4-2;1-2/h5,7,9-10,12-13,22,24H,1-4,6,8,11,14-17H2,(H,27,30);3H,1H2,2H3;1-2H3/b13-12-;;. The Morgan fingerprint density at radius 1 is 1.17 bits per heavy atom. The normalized spacial score (nSPS) is 14.5. The number of carbonyl (C=O) groups is 2. The molecule has 0 radical (unpaired) electrons. The highest BCUT2D eigenvalue weighted by Gasteiger charge is 2.40. The summed E-state index contributed by atoms with van der Waals surface area (Å²) in [5.74, 6) is -0.280. The third-order valence-electron chi connectivity index (χ3n) is 5.24. The van der Waals surface area contributed by atoms with E-state index < -0.39 is 6.04 Å². The van der Waals surface area contributed by atoms with Crippen molar-refractivity contribution in [2.45, 2.75) is 64.5 Å². The van der Waals surface area contributed by atoms with E-state index in [9.17, 15) is 9.59 Å². The Labute approximate surface area is 226 Å². The Morgan fingerprint density at radius 2 is 1.81 bits per heavy atom. The van der Waals surface area contributed by atoms with E-state index in [0.29, 0.717) is 29.4 Å². The van der Waals surface area contributed by atoms with Gasteiger partial charge in [0.15, 0.2) is 0 Å². The van der Waals surface area contributed by atoms with Crippen molar-refractivity contribution in [3.05, 3.63) is 96.8 Å². The van der Waals surface area contributed by atoms with Gasteiger partial charge in [-0.05, 0) is 49.3 Å². The van der Waals surface area contributed by atoms with E-state index in [-0.39, 0.29) is 17.9 Å². The Hall–Kier alpha value is -2.86. The van der Waals surface area contributed by atoms with Crippen LogP contribution in [0.2, 0.25) is 0 Å². The second-order valence-electron chi connectivity index (χ2n) is 8.03. The Bertz CT molecular complexity index is 879. The Balaban J connectivity index is 0.00000185. The van der Waals surface area contributed by atoms with Gasteiger partial charge in [0, 0.05) is 23.5 Å². The summed E-state index contributed by atoms with van der Waals surface area (Å²) in [5, 5.41) is 3.00. The molecule has 36 heavy (non-hydrogen) atoms. The summed E-state index contributed by atoms with van der Waals surface area (Å²) < 4.78 is 4.98. The van der Waals surface area contributed by atoms with Crippen LogP contribution >= 0.6 is 15.9 Å². The average molecular weight is 560 g/mol. The molecule has 0 aliphatic heterocycles. The minimum atomic E-state index is -0.752. The molecular weight excluding hydrogens is 516 g/mol. The van der Waals surface area contributed by atoms with Gasteiger partial charge in [-0.2, -0.15) is 0 Å². The molecule has 0 saturated heterocycles. The number of methoxy groups -OCH3 is 1. The lowest BCUT2D eigenvalue weighted by molar-refractivity contribution is -0.139. The average Bonchev–Trinajstić information content (AvgIpc) is 3.74. The van der Waals surface area contributed by atoms with Gasteiger partial charge in [0.25, 0.3) is 0 Å². The van der Waals surface area contributed by atoms with Crippen LogP contribution < -0.4 is 5.32 Å². The van der Waals surface area contributed by atoms with Gasteiger partial charge in [0.2, 0.25) is 11.8 Å². The van der Waals surface area contributed by atoms with Gasteiger partial charge in [0.1, 0.15) is 6.04 Å². The summed E-state index contributed by atoms with van der Waals surface area (Å²) in [7, 11) is 1.56. The predicted octanol–water partition coefficient (Wildman–Crippen LogP) is 7.08. The zero-order valence-corrected chi connectivity index (χ0v) is 23.8. The molecule has 0 heterocycles. The fraction of sp³-hybridized carbons (Fsp3) is 0.400. The highest BCUT2D eigenvalue weighted by molar-refractivity contribution is 9.11. The number of nitrogens with zero attached hydrogens (tertiary/aromatic N) is 1. The summed E-state index contributed by atoms with van der Waals surface area (Å²) in [5.41, 5.74) is 2.45. The fourth-order valence-electron chi connectivity index (χ4n) is 3.26. The Morgan fingerprint density at radius 3 is 2.28 bits per heavy atom. The van der Waals surface area contributed by atoms with Crippen molar-refractivity contribution < 1.29 is 14.3 Å². The van der Waals surface area contributed by atoms with Crippen LogP contribution in [-0.4, -0.2) is 42.5 Å². The molecule has 2 amide bonds. The molecule has 2 rings (SSSR count). The quantitative estimate of drug-likeness (QED) is 0.194. The van der Waals surface area contributed by atoms with Crippen molar-refractivity contribution in [3.8, 4) is 0 Å². The summed E-state index contributed by atoms with van der Waals surface area (Å²) in [6.07, 6.45) is 17.4. The third kappa shape index (κ3) is 13.3. The summed E-state index contributed by atoms with van der Waals surface area (Å²) >= 11 is 3.29. The maximum absolute atomic E-state index is 13.2. The number of nitrogens with one attached hydrogen (secondary N) is 1. The van der Waals surface area contributed by atoms with Gasteiger partial charge in [-0.15, -0.1) is 0 Å². The van der Waals surface area contributed by atoms with Crippen molar-refractivity contribution in [1.82, 2.24) is 10.2 Å². The number of allylic oxidation sites excluding steroid dienone is 6. The molecular formula is C30H43BrN2O3. The first-order valence-electron chi connectivity index (χ1n) is 12.3. The molecule has 1 fully saturated rings. The van der Waals surface area contributed by atoms with E-state index in [0.717, 1.165) is 36.8 Å². The number of halogens is 1. The zero-order valence-electron chi connectivity index (χ0n) is 22.2. The lowest BCUT2D eigenvalue weighted by Crippen LogP contribution is -2.51. The molecule has 0 bridgehead atoms. The zero-order chi connectivity index (χ0) is 27.5. The van der Waals surface area contributed by atoms with E-state index in [1.54, 1.807) is 30.2 Å². The van der Waals surface area contributed by atoms with E-state index in [1.165, 1.54) is 6.26 Å². The molecule has 0 aromatic carbocycles. The molecule has 198 valence electrons. The number of amides is 2. The third-order valence-corrected chi connectivity index (χ3v) is 5.50. The van der Waals surface area contributed by atoms with Crippen LogP contribution in [0.1, 0.15) is 52.4 Å². The first-order chi connectivity index (χ1) is 17.2. The monoisotopic (exact) mass is 558 g/mol. The van der Waals surface area contributed by atoms with Crippen LogP contribution in [0.4, 0.5) is 0 Å². The lowest BCUT2D eigenvalue weighted by Gasteiger charge is -2.32. The van der Waals surface area contributed by atoms with Gasteiger partial charge in [0.05, 0.1) is 13.4 Å². The molecule has 1 unspecified atom stereocenters. The highest BCUT2D eigenvalue weighted by Crippen LogP contribution is 2.32. The Kier molecular flexibility index (Phi) is 17.8. The number of hydrogen-bond donors (Lipinski definition) is 1. The van der Waals surface area contributed by atoms with E-state index in [1.807, 2.05) is 19.9 Å². The molecule has 0 aromatic rings. The SMILES string of the molecule is C=CC(=C)CCC(=O)N(C1CC1)C(C(=C)/C=C\C(=C)Br)C(=O)NCC1=CCCC=C1.C=COC.CC. The van der Waals surface area contributed by atoms with Crippen LogP contribution in [0.5, 0.6) is 0 Å². The second-order valence-corrected chi connectivity index (χ2v) is 9.05. The van der Waals surface area contributed by atoms with Crippen molar-refractivity contribution in [3.63, 3.8) is 0 Å². The van der Waals surface area contributed by atoms with Crippen molar-refractivity contribution in [2.24, 2.45) is 0 Å². The van der Waals surface area contributed by atoms with Crippen LogP contribution in [0, 0.1) is 0 Å². The molecule has 0 spiro atoms. The molecule has 1 N–H and O–H groups in total. The number of ether oxygens (including phenoxy) is 1. The van der Waals surface area contributed by atoms with Crippen LogP contribution in [0.3, 0.4) is 0 Å². The lowest BCUT2D eigenvalue weighted by atomic mass is 10.0. The van der Waals surface area contributed by atoms with Gasteiger partial charge < -0.3 is 15.0 Å². The van der Waals surface area contributed by atoms with Gasteiger partial charge in [-0.3, -0.25) is 9.59 Å². The molecule has 0 aromatic heterocycles. The summed E-state index contributed by atoms with van der Waals surface area (Å²) in [4.78, 5) is 28.0. The molecule has 6 heteroatoms. The largest absolute Gasteiger partial charge is 0.505 e. The van der Waals surface area contributed by atoms with E-state index in [4.69, 9.17) is 0 Å². The highest BCUT2D eigenvalue weighted by atomic mass is 79.9.